The summed E-state index contributed by atoms with van der Waals surface area (Å²) in [4.78, 5) is 25.2. The number of hydrogen-bond donors (Lipinski definition) is 2. The summed E-state index contributed by atoms with van der Waals surface area (Å²) in [6, 6.07) is 7.98. The Morgan fingerprint density at radius 3 is 2.81 bits per heavy atom. The van der Waals surface area contributed by atoms with Gasteiger partial charge in [0, 0.05) is 25.3 Å². The summed E-state index contributed by atoms with van der Waals surface area (Å²) < 4.78 is 0. The molecule has 5 nitrogen and oxygen atoms in total. The van der Waals surface area contributed by atoms with Crippen molar-refractivity contribution in [1.29, 1.82) is 0 Å². The normalized spacial score (nSPS) is 18.3. The molecule has 2 N–H and O–H groups in total. The molecule has 21 heavy (non-hydrogen) atoms. The number of carboxylic acids is 1. The van der Waals surface area contributed by atoms with Crippen molar-refractivity contribution < 1.29 is 14.7 Å². The van der Waals surface area contributed by atoms with E-state index in [4.69, 9.17) is 5.11 Å². The van der Waals surface area contributed by atoms with Crippen LogP contribution >= 0.6 is 0 Å². The minimum absolute atomic E-state index is 0.0348. The van der Waals surface area contributed by atoms with Crippen LogP contribution in [0, 0.1) is 11.8 Å². The summed E-state index contributed by atoms with van der Waals surface area (Å²) in [7, 11) is 0. The molecule has 2 atom stereocenters. The molecule has 1 aliphatic heterocycles. The predicted molar refractivity (Wildman–Crippen MR) is 81.2 cm³/mol. The number of carbonyl (C=O) groups is 2. The molecule has 0 saturated heterocycles. The first-order valence-corrected chi connectivity index (χ1v) is 7.36. The number of carboxylic acid groups (broad SMARTS) is 1. The SMILES string of the molecule is CCN(CC(C)C(=O)O)C(=O)C1CNc2ccccc2C1. The van der Waals surface area contributed by atoms with E-state index in [1.54, 1.807) is 11.8 Å². The summed E-state index contributed by atoms with van der Waals surface area (Å²) in [5, 5.41) is 12.3. The third kappa shape index (κ3) is 3.54. The van der Waals surface area contributed by atoms with Gasteiger partial charge in [-0.3, -0.25) is 9.59 Å². The summed E-state index contributed by atoms with van der Waals surface area (Å²) >= 11 is 0. The molecule has 2 rings (SSSR count). The lowest BCUT2D eigenvalue weighted by Gasteiger charge is -2.31. The molecule has 0 radical (unpaired) electrons. The second-order valence-electron chi connectivity index (χ2n) is 5.56. The molecule has 0 fully saturated rings. The van der Waals surface area contributed by atoms with Crippen LogP contribution in [0.3, 0.4) is 0 Å². The van der Waals surface area contributed by atoms with Crippen molar-refractivity contribution in [2.75, 3.05) is 25.0 Å². The van der Waals surface area contributed by atoms with E-state index in [-0.39, 0.29) is 18.4 Å². The Bertz CT molecular complexity index is 530. The summed E-state index contributed by atoms with van der Waals surface area (Å²) in [6.45, 7) is 4.93. The number of anilines is 1. The van der Waals surface area contributed by atoms with Gasteiger partial charge in [0.05, 0.1) is 11.8 Å². The Balaban J connectivity index is 2.04. The van der Waals surface area contributed by atoms with Gasteiger partial charge in [0.2, 0.25) is 5.91 Å². The molecule has 2 unspecified atom stereocenters. The van der Waals surface area contributed by atoms with E-state index in [1.165, 1.54) is 0 Å². The molecule has 1 amide bonds. The number of para-hydroxylation sites is 1. The van der Waals surface area contributed by atoms with Crippen LogP contribution in [-0.4, -0.2) is 41.5 Å². The topological polar surface area (TPSA) is 69.6 Å². The van der Waals surface area contributed by atoms with E-state index in [0.29, 0.717) is 19.5 Å². The van der Waals surface area contributed by atoms with Crippen molar-refractivity contribution in [2.24, 2.45) is 11.8 Å². The third-order valence-electron chi connectivity index (χ3n) is 3.98. The molecular formula is C16H22N2O3. The molecule has 5 heteroatoms. The monoisotopic (exact) mass is 290 g/mol. The van der Waals surface area contributed by atoms with Crippen molar-refractivity contribution in [3.8, 4) is 0 Å². The van der Waals surface area contributed by atoms with Crippen LogP contribution in [0.25, 0.3) is 0 Å². The second kappa shape index (κ2) is 6.61. The Labute approximate surface area is 125 Å². The number of nitrogens with one attached hydrogen (secondary N) is 1. The highest BCUT2D eigenvalue weighted by atomic mass is 16.4. The Morgan fingerprint density at radius 1 is 1.43 bits per heavy atom. The van der Waals surface area contributed by atoms with Crippen LogP contribution in [0.15, 0.2) is 24.3 Å². The number of benzene rings is 1. The molecule has 1 aromatic rings. The maximum atomic E-state index is 12.6. The number of carbonyl (C=O) groups excluding carboxylic acids is 1. The maximum absolute atomic E-state index is 12.6. The fourth-order valence-corrected chi connectivity index (χ4v) is 2.66. The van der Waals surface area contributed by atoms with Crippen molar-refractivity contribution in [3.05, 3.63) is 29.8 Å². The number of nitrogens with zero attached hydrogens (tertiary/aromatic N) is 1. The molecule has 1 aliphatic rings. The summed E-state index contributed by atoms with van der Waals surface area (Å²) in [6.07, 6.45) is 0.708. The summed E-state index contributed by atoms with van der Waals surface area (Å²) in [5.41, 5.74) is 2.23. The van der Waals surface area contributed by atoms with Crippen LogP contribution < -0.4 is 5.32 Å². The highest BCUT2D eigenvalue weighted by Gasteiger charge is 2.29. The molecule has 0 saturated carbocycles. The van der Waals surface area contributed by atoms with Gasteiger partial charge in [0.15, 0.2) is 0 Å². The van der Waals surface area contributed by atoms with E-state index in [9.17, 15) is 9.59 Å². The van der Waals surface area contributed by atoms with Gasteiger partial charge >= 0.3 is 5.97 Å². The number of rotatable bonds is 5. The molecular weight excluding hydrogens is 268 g/mol. The van der Waals surface area contributed by atoms with Gasteiger partial charge in [-0.2, -0.15) is 0 Å². The van der Waals surface area contributed by atoms with Gasteiger partial charge in [-0.15, -0.1) is 0 Å². The van der Waals surface area contributed by atoms with Gasteiger partial charge in [-0.05, 0) is 25.0 Å². The minimum Gasteiger partial charge on any atom is -0.481 e. The fraction of sp³-hybridized carbons (Fsp3) is 0.500. The first-order valence-electron chi connectivity index (χ1n) is 7.36. The number of fused-ring (bicyclic) bond motifs is 1. The van der Waals surface area contributed by atoms with Crippen molar-refractivity contribution >= 4 is 17.6 Å². The second-order valence-corrected chi connectivity index (χ2v) is 5.56. The highest BCUT2D eigenvalue weighted by molar-refractivity contribution is 5.81. The van der Waals surface area contributed by atoms with Crippen LogP contribution in [0.5, 0.6) is 0 Å². The zero-order valence-electron chi connectivity index (χ0n) is 12.5. The van der Waals surface area contributed by atoms with Gasteiger partial charge < -0.3 is 15.3 Å². The van der Waals surface area contributed by atoms with E-state index in [0.717, 1.165) is 11.3 Å². The minimum atomic E-state index is -0.867. The lowest BCUT2D eigenvalue weighted by Crippen LogP contribution is -2.44. The average molecular weight is 290 g/mol. The van der Waals surface area contributed by atoms with Gasteiger partial charge in [-0.25, -0.2) is 0 Å². The molecule has 0 aliphatic carbocycles. The average Bonchev–Trinajstić information content (AvgIpc) is 2.51. The van der Waals surface area contributed by atoms with Gasteiger partial charge in [0.25, 0.3) is 0 Å². The summed E-state index contributed by atoms with van der Waals surface area (Å²) in [5.74, 6) is -1.50. The molecule has 0 spiro atoms. The van der Waals surface area contributed by atoms with Gasteiger partial charge in [0.1, 0.15) is 0 Å². The molecule has 1 aromatic carbocycles. The van der Waals surface area contributed by atoms with E-state index in [2.05, 4.69) is 5.32 Å². The third-order valence-corrected chi connectivity index (χ3v) is 3.98. The Hall–Kier alpha value is -2.04. The Kier molecular flexibility index (Phi) is 4.83. The van der Waals surface area contributed by atoms with E-state index >= 15 is 0 Å². The zero-order valence-corrected chi connectivity index (χ0v) is 12.5. The van der Waals surface area contributed by atoms with Crippen LogP contribution in [0.4, 0.5) is 5.69 Å². The predicted octanol–water partition coefficient (Wildman–Crippen LogP) is 1.84. The van der Waals surface area contributed by atoms with Crippen molar-refractivity contribution in [1.82, 2.24) is 4.90 Å². The van der Waals surface area contributed by atoms with Crippen LogP contribution in [0.1, 0.15) is 19.4 Å². The van der Waals surface area contributed by atoms with Crippen molar-refractivity contribution in [3.63, 3.8) is 0 Å². The maximum Gasteiger partial charge on any atom is 0.308 e. The fourth-order valence-electron chi connectivity index (χ4n) is 2.66. The van der Waals surface area contributed by atoms with Gasteiger partial charge in [-0.1, -0.05) is 25.1 Å². The molecule has 114 valence electrons. The first-order chi connectivity index (χ1) is 10.0. The van der Waals surface area contributed by atoms with E-state index < -0.39 is 11.9 Å². The van der Waals surface area contributed by atoms with Crippen LogP contribution in [-0.2, 0) is 16.0 Å². The molecule has 0 bridgehead atoms. The largest absolute Gasteiger partial charge is 0.481 e. The van der Waals surface area contributed by atoms with Crippen LogP contribution in [0.2, 0.25) is 0 Å². The molecule has 0 aromatic heterocycles. The molecule has 1 heterocycles. The number of aliphatic carboxylic acids is 1. The Morgan fingerprint density at radius 2 is 2.14 bits per heavy atom. The lowest BCUT2D eigenvalue weighted by atomic mass is 9.92. The van der Waals surface area contributed by atoms with E-state index in [1.807, 2.05) is 31.2 Å². The lowest BCUT2D eigenvalue weighted by molar-refractivity contribution is -0.143. The van der Waals surface area contributed by atoms with Crippen molar-refractivity contribution in [2.45, 2.75) is 20.3 Å². The standard InChI is InChI=1S/C16H22N2O3/c1-3-18(10-11(2)16(20)21)15(19)13-8-12-6-4-5-7-14(12)17-9-13/h4-7,11,13,17H,3,8-10H2,1-2H3,(H,20,21). The number of amides is 1. The smallest absolute Gasteiger partial charge is 0.308 e. The first kappa shape index (κ1) is 15.4. The highest BCUT2D eigenvalue weighted by Crippen LogP contribution is 2.25. The quantitative estimate of drug-likeness (QED) is 0.868. The number of hydrogen-bond acceptors (Lipinski definition) is 3. The zero-order chi connectivity index (χ0) is 15.4.